The van der Waals surface area contributed by atoms with Gasteiger partial charge in [-0.1, -0.05) is 6.07 Å². The van der Waals surface area contributed by atoms with Crippen molar-refractivity contribution >= 4 is 27.4 Å². The third kappa shape index (κ3) is 2.36. The van der Waals surface area contributed by atoms with Gasteiger partial charge < -0.3 is 5.73 Å². The van der Waals surface area contributed by atoms with Crippen LogP contribution >= 0.6 is 15.9 Å². The molecule has 0 aliphatic rings. The number of nitrogen functional groups attached to an aromatic ring is 1. The van der Waals surface area contributed by atoms with Gasteiger partial charge in [-0.15, -0.1) is 0 Å². The van der Waals surface area contributed by atoms with Crippen LogP contribution in [-0.4, -0.2) is 5.78 Å². The minimum atomic E-state index is -0.541. The van der Waals surface area contributed by atoms with Gasteiger partial charge in [-0.3, -0.25) is 4.79 Å². The van der Waals surface area contributed by atoms with Gasteiger partial charge in [-0.25, -0.2) is 4.39 Å². The fourth-order valence-corrected chi connectivity index (χ4v) is 2.02. The molecule has 0 saturated carbocycles. The molecule has 86 valence electrons. The summed E-state index contributed by atoms with van der Waals surface area (Å²) in [5.41, 5.74) is 6.54. The Hall–Kier alpha value is -1.68. The molecule has 0 unspecified atom stereocenters. The van der Waals surface area contributed by atoms with Gasteiger partial charge in [-0.05, 0) is 52.3 Å². The zero-order chi connectivity index (χ0) is 12.4. The van der Waals surface area contributed by atoms with Crippen molar-refractivity contribution in [2.45, 2.75) is 0 Å². The maximum atomic E-state index is 13.6. The number of hydrogen-bond acceptors (Lipinski definition) is 2. The van der Waals surface area contributed by atoms with Crippen LogP contribution in [0, 0.1) is 5.82 Å². The van der Waals surface area contributed by atoms with Gasteiger partial charge in [0.1, 0.15) is 5.82 Å². The molecule has 2 N–H and O–H groups in total. The van der Waals surface area contributed by atoms with Gasteiger partial charge in [0.05, 0.1) is 5.56 Å². The van der Waals surface area contributed by atoms with Gasteiger partial charge in [0.2, 0.25) is 0 Å². The standard InChI is InChI=1S/C13H9BrFNO/c14-10-2-1-3-11(15)12(10)13(17)8-4-6-9(16)7-5-8/h1-7H,16H2. The first-order chi connectivity index (χ1) is 8.09. The van der Waals surface area contributed by atoms with Gasteiger partial charge in [0.25, 0.3) is 0 Å². The first-order valence-electron chi connectivity index (χ1n) is 4.94. The summed E-state index contributed by atoms with van der Waals surface area (Å²) in [6, 6.07) is 10.8. The molecule has 0 saturated heterocycles. The second-order valence-electron chi connectivity index (χ2n) is 3.55. The summed E-state index contributed by atoms with van der Waals surface area (Å²) in [7, 11) is 0. The molecule has 0 aliphatic carbocycles. The second-order valence-corrected chi connectivity index (χ2v) is 4.40. The van der Waals surface area contributed by atoms with Crippen LogP contribution in [0.4, 0.5) is 10.1 Å². The summed E-state index contributed by atoms with van der Waals surface area (Å²) in [6.07, 6.45) is 0. The molecule has 2 rings (SSSR count). The number of benzene rings is 2. The van der Waals surface area contributed by atoms with Crippen molar-refractivity contribution in [1.29, 1.82) is 0 Å². The maximum Gasteiger partial charge on any atom is 0.197 e. The van der Waals surface area contributed by atoms with E-state index in [9.17, 15) is 9.18 Å². The van der Waals surface area contributed by atoms with Crippen molar-refractivity contribution in [1.82, 2.24) is 0 Å². The number of ketones is 1. The van der Waals surface area contributed by atoms with Crippen LogP contribution in [0.2, 0.25) is 0 Å². The molecule has 0 amide bonds. The van der Waals surface area contributed by atoms with E-state index in [4.69, 9.17) is 5.73 Å². The van der Waals surface area contributed by atoms with Crippen LogP contribution < -0.4 is 5.73 Å². The van der Waals surface area contributed by atoms with Crippen LogP contribution in [0.3, 0.4) is 0 Å². The Labute approximate surface area is 106 Å². The number of anilines is 1. The zero-order valence-electron chi connectivity index (χ0n) is 8.78. The molecule has 0 heterocycles. The summed E-state index contributed by atoms with van der Waals surface area (Å²) in [5.74, 6) is -0.906. The molecular weight excluding hydrogens is 285 g/mol. The number of halogens is 2. The van der Waals surface area contributed by atoms with Crippen molar-refractivity contribution in [2.75, 3.05) is 5.73 Å². The normalized spacial score (nSPS) is 10.2. The molecular formula is C13H9BrFNO. The summed E-state index contributed by atoms with van der Waals surface area (Å²) in [4.78, 5) is 12.1. The van der Waals surface area contributed by atoms with E-state index in [0.717, 1.165) is 0 Å². The number of nitrogens with two attached hydrogens (primary N) is 1. The highest BCUT2D eigenvalue weighted by molar-refractivity contribution is 9.10. The molecule has 0 spiro atoms. The Kier molecular flexibility index (Phi) is 3.24. The molecule has 0 radical (unpaired) electrons. The fourth-order valence-electron chi connectivity index (χ4n) is 1.49. The summed E-state index contributed by atoms with van der Waals surface area (Å²) >= 11 is 3.17. The molecule has 0 atom stereocenters. The van der Waals surface area contributed by atoms with Crippen molar-refractivity contribution < 1.29 is 9.18 Å². The van der Waals surface area contributed by atoms with Crippen molar-refractivity contribution in [3.63, 3.8) is 0 Å². The monoisotopic (exact) mass is 293 g/mol. The first-order valence-corrected chi connectivity index (χ1v) is 5.73. The zero-order valence-corrected chi connectivity index (χ0v) is 10.4. The highest BCUT2D eigenvalue weighted by atomic mass is 79.9. The van der Waals surface area contributed by atoms with E-state index in [0.29, 0.717) is 15.7 Å². The van der Waals surface area contributed by atoms with E-state index in [1.807, 2.05) is 0 Å². The van der Waals surface area contributed by atoms with Crippen LogP contribution in [0.15, 0.2) is 46.9 Å². The average molecular weight is 294 g/mol. The van der Waals surface area contributed by atoms with Gasteiger partial charge in [-0.2, -0.15) is 0 Å². The third-order valence-electron chi connectivity index (χ3n) is 2.36. The van der Waals surface area contributed by atoms with Gasteiger partial charge in [0.15, 0.2) is 5.78 Å². The largest absolute Gasteiger partial charge is 0.399 e. The van der Waals surface area contributed by atoms with Crippen LogP contribution in [0.1, 0.15) is 15.9 Å². The molecule has 4 heteroatoms. The van der Waals surface area contributed by atoms with Crippen LogP contribution in [-0.2, 0) is 0 Å². The van der Waals surface area contributed by atoms with Crippen LogP contribution in [0.25, 0.3) is 0 Å². The second kappa shape index (κ2) is 4.67. The Bertz CT molecular complexity index is 546. The topological polar surface area (TPSA) is 43.1 Å². The number of carbonyl (C=O) groups is 1. The molecule has 2 aromatic rings. The van der Waals surface area contributed by atoms with E-state index >= 15 is 0 Å². The van der Waals surface area contributed by atoms with Crippen molar-refractivity contribution in [2.24, 2.45) is 0 Å². The van der Waals surface area contributed by atoms with E-state index in [1.54, 1.807) is 36.4 Å². The maximum absolute atomic E-state index is 13.6. The molecule has 17 heavy (non-hydrogen) atoms. The van der Waals surface area contributed by atoms with E-state index in [1.165, 1.54) is 6.07 Å². The molecule has 0 aromatic heterocycles. The Morgan fingerprint density at radius 2 is 1.76 bits per heavy atom. The predicted molar refractivity (Wildman–Crippen MR) is 68.4 cm³/mol. The Morgan fingerprint density at radius 1 is 1.12 bits per heavy atom. The lowest BCUT2D eigenvalue weighted by Crippen LogP contribution is -2.05. The van der Waals surface area contributed by atoms with Crippen LogP contribution in [0.5, 0.6) is 0 Å². The van der Waals surface area contributed by atoms with E-state index in [2.05, 4.69) is 15.9 Å². The van der Waals surface area contributed by atoms with Gasteiger partial charge in [0, 0.05) is 15.7 Å². The minimum absolute atomic E-state index is 0.0391. The molecule has 2 aromatic carbocycles. The Balaban J connectivity index is 2.47. The number of hydrogen-bond donors (Lipinski definition) is 1. The molecule has 2 nitrogen and oxygen atoms in total. The molecule has 0 fully saturated rings. The lowest BCUT2D eigenvalue weighted by atomic mass is 10.0. The summed E-state index contributed by atoms with van der Waals surface area (Å²) in [5, 5.41) is 0. The highest BCUT2D eigenvalue weighted by Gasteiger charge is 2.16. The number of carbonyl (C=O) groups excluding carboxylic acids is 1. The fraction of sp³-hybridized carbons (Fsp3) is 0. The van der Waals surface area contributed by atoms with Crippen molar-refractivity contribution in [3.05, 3.63) is 63.9 Å². The minimum Gasteiger partial charge on any atom is -0.399 e. The molecule has 0 aliphatic heterocycles. The van der Waals surface area contributed by atoms with E-state index < -0.39 is 5.82 Å². The lowest BCUT2D eigenvalue weighted by molar-refractivity contribution is 0.103. The van der Waals surface area contributed by atoms with E-state index in [-0.39, 0.29) is 11.3 Å². The highest BCUT2D eigenvalue weighted by Crippen LogP contribution is 2.23. The molecule has 0 bridgehead atoms. The predicted octanol–water partition coefficient (Wildman–Crippen LogP) is 3.40. The third-order valence-corrected chi connectivity index (χ3v) is 3.02. The SMILES string of the molecule is Nc1ccc(C(=O)c2c(F)cccc2Br)cc1. The lowest BCUT2D eigenvalue weighted by Gasteiger charge is -2.05. The first kappa shape index (κ1) is 11.8. The van der Waals surface area contributed by atoms with Gasteiger partial charge >= 0.3 is 0 Å². The van der Waals surface area contributed by atoms with Crippen molar-refractivity contribution in [3.8, 4) is 0 Å². The smallest absolute Gasteiger partial charge is 0.197 e. The Morgan fingerprint density at radius 3 is 2.35 bits per heavy atom. The summed E-state index contributed by atoms with van der Waals surface area (Å²) < 4.78 is 14.0. The summed E-state index contributed by atoms with van der Waals surface area (Å²) in [6.45, 7) is 0. The number of rotatable bonds is 2. The average Bonchev–Trinajstić information content (AvgIpc) is 2.29. The quantitative estimate of drug-likeness (QED) is 0.681.